The summed E-state index contributed by atoms with van der Waals surface area (Å²) in [7, 11) is -13.0. The van der Waals surface area contributed by atoms with Gasteiger partial charge >= 0.3 is 30.6 Å². The predicted octanol–water partition coefficient (Wildman–Crippen LogP) is 2.59. The summed E-state index contributed by atoms with van der Waals surface area (Å²) in [5, 5.41) is -10.6. The van der Waals surface area contributed by atoms with E-state index in [1.165, 1.54) is 6.92 Å². The third-order valence-electron chi connectivity index (χ3n) is 2.75. The molecular formula is C11H11F6NO4S2. The van der Waals surface area contributed by atoms with Crippen LogP contribution in [0.3, 0.4) is 0 Å². The standard InChI is InChI=1S/C11H11F6NO4S2/c1-8-2-4-9(5-3-8)18(23(19,20)10(14,15)6-12)24(21,22)11(16,17)7-13/h2-5H,6-7H2,1H3. The van der Waals surface area contributed by atoms with E-state index in [9.17, 15) is 43.2 Å². The number of benzene rings is 1. The molecule has 0 aromatic heterocycles. The molecule has 0 atom stereocenters. The Morgan fingerprint density at radius 3 is 1.46 bits per heavy atom. The van der Waals surface area contributed by atoms with E-state index in [4.69, 9.17) is 0 Å². The molecule has 138 valence electrons. The third kappa shape index (κ3) is 3.31. The molecule has 0 radical (unpaired) electrons. The molecule has 0 unspecified atom stereocenters. The average Bonchev–Trinajstić information content (AvgIpc) is 2.48. The molecule has 0 amide bonds. The van der Waals surface area contributed by atoms with Gasteiger partial charge in [-0.2, -0.15) is 38.1 Å². The van der Waals surface area contributed by atoms with Crippen LogP contribution < -0.4 is 3.71 Å². The average molecular weight is 399 g/mol. The van der Waals surface area contributed by atoms with Crippen molar-refractivity contribution in [3.63, 3.8) is 0 Å². The van der Waals surface area contributed by atoms with Crippen molar-refractivity contribution in [3.05, 3.63) is 29.8 Å². The zero-order chi connectivity index (χ0) is 19.0. The molecule has 0 saturated carbocycles. The van der Waals surface area contributed by atoms with Crippen molar-refractivity contribution < 1.29 is 43.2 Å². The van der Waals surface area contributed by atoms with Crippen molar-refractivity contribution in [1.29, 1.82) is 0 Å². The van der Waals surface area contributed by atoms with Crippen LogP contribution in [0.2, 0.25) is 0 Å². The zero-order valence-electron chi connectivity index (χ0n) is 11.9. The molecule has 13 heteroatoms. The second kappa shape index (κ2) is 6.43. The van der Waals surface area contributed by atoms with E-state index in [0.717, 1.165) is 12.1 Å². The highest BCUT2D eigenvalue weighted by Crippen LogP contribution is 2.38. The molecule has 1 aromatic rings. The van der Waals surface area contributed by atoms with Gasteiger partial charge in [-0.1, -0.05) is 17.7 Å². The van der Waals surface area contributed by atoms with Crippen molar-refractivity contribution in [3.8, 4) is 0 Å². The van der Waals surface area contributed by atoms with Crippen molar-refractivity contribution in [2.75, 3.05) is 17.1 Å². The SMILES string of the molecule is Cc1ccc(N(S(=O)(=O)C(F)(F)CF)S(=O)(=O)C(F)(F)CF)cc1. The Balaban J connectivity index is 3.77. The number of sulfonamides is 2. The lowest BCUT2D eigenvalue weighted by atomic mass is 10.2. The molecule has 0 saturated heterocycles. The second-order valence-electron chi connectivity index (χ2n) is 4.58. The van der Waals surface area contributed by atoms with Gasteiger partial charge < -0.3 is 0 Å². The lowest BCUT2D eigenvalue weighted by Gasteiger charge is -2.29. The van der Waals surface area contributed by atoms with Crippen LogP contribution in [-0.2, 0) is 20.0 Å². The first-order chi connectivity index (χ1) is 10.7. The van der Waals surface area contributed by atoms with Crippen LogP contribution in [0.15, 0.2) is 24.3 Å². The molecule has 5 nitrogen and oxygen atoms in total. The number of hydrogen-bond donors (Lipinski definition) is 0. The molecule has 1 rings (SSSR count). The molecule has 0 spiro atoms. The van der Waals surface area contributed by atoms with E-state index in [-0.39, 0.29) is 0 Å². The van der Waals surface area contributed by atoms with Crippen LogP contribution in [0.25, 0.3) is 0 Å². The molecule has 0 N–H and O–H groups in total. The fourth-order valence-electron chi connectivity index (χ4n) is 1.45. The Bertz CT molecular complexity index is 746. The number of hydrogen-bond acceptors (Lipinski definition) is 4. The van der Waals surface area contributed by atoms with Gasteiger partial charge in [-0.15, -0.1) is 0 Å². The minimum atomic E-state index is -6.48. The van der Waals surface area contributed by atoms with E-state index in [2.05, 4.69) is 0 Å². The van der Waals surface area contributed by atoms with Gasteiger partial charge in [0.2, 0.25) is 0 Å². The Hall–Kier alpha value is -1.50. The van der Waals surface area contributed by atoms with Crippen LogP contribution in [0.1, 0.15) is 5.56 Å². The minimum absolute atomic E-state index is 0.406. The molecule has 0 aliphatic rings. The lowest BCUT2D eigenvalue weighted by molar-refractivity contribution is 0.0586. The Morgan fingerprint density at radius 1 is 0.833 bits per heavy atom. The molecule has 1 aromatic carbocycles. The van der Waals surface area contributed by atoms with Crippen molar-refractivity contribution in [1.82, 2.24) is 0 Å². The van der Waals surface area contributed by atoms with Crippen LogP contribution in [0, 0.1) is 6.92 Å². The minimum Gasteiger partial charge on any atom is -0.243 e. The molecule has 0 fully saturated rings. The number of nitrogens with zero attached hydrogens (tertiary/aromatic N) is 1. The number of anilines is 1. The topological polar surface area (TPSA) is 71.5 Å². The van der Waals surface area contributed by atoms with Gasteiger partial charge in [0, 0.05) is 0 Å². The highest BCUT2D eigenvalue weighted by Gasteiger charge is 2.60. The fraction of sp³-hybridized carbons (Fsp3) is 0.455. The monoisotopic (exact) mass is 399 g/mol. The largest absolute Gasteiger partial charge is 0.392 e. The summed E-state index contributed by atoms with van der Waals surface area (Å²) in [6.07, 6.45) is 0. The van der Waals surface area contributed by atoms with Crippen LogP contribution >= 0.6 is 0 Å². The summed E-state index contributed by atoms with van der Waals surface area (Å²) in [4.78, 5) is 0. The Labute approximate surface area is 134 Å². The number of halogens is 6. The summed E-state index contributed by atoms with van der Waals surface area (Å²) in [6.45, 7) is -4.29. The fourth-order valence-corrected chi connectivity index (χ4v) is 4.70. The second-order valence-corrected chi connectivity index (χ2v) is 8.64. The summed E-state index contributed by atoms with van der Waals surface area (Å²) < 4.78 is 124. The highest BCUT2D eigenvalue weighted by atomic mass is 32.3. The maximum atomic E-state index is 13.4. The van der Waals surface area contributed by atoms with E-state index in [1.54, 1.807) is 0 Å². The van der Waals surface area contributed by atoms with Crippen LogP contribution in [0.4, 0.5) is 32.0 Å². The van der Waals surface area contributed by atoms with Gasteiger partial charge in [0.1, 0.15) is 0 Å². The predicted molar refractivity (Wildman–Crippen MR) is 73.3 cm³/mol. The smallest absolute Gasteiger partial charge is 0.243 e. The maximum Gasteiger partial charge on any atom is 0.392 e. The summed E-state index contributed by atoms with van der Waals surface area (Å²) in [5.41, 5.74) is -0.732. The van der Waals surface area contributed by atoms with E-state index in [0.29, 0.717) is 17.7 Å². The normalized spacial score (nSPS) is 13.8. The molecule has 0 heterocycles. The number of rotatable bonds is 7. The van der Waals surface area contributed by atoms with Crippen molar-refractivity contribution in [2.45, 2.75) is 17.4 Å². The van der Waals surface area contributed by atoms with E-state index in [1.807, 2.05) is 0 Å². The highest BCUT2D eigenvalue weighted by molar-refractivity contribution is 8.11. The van der Waals surface area contributed by atoms with Gasteiger partial charge in [0.25, 0.3) is 0 Å². The van der Waals surface area contributed by atoms with Crippen molar-refractivity contribution >= 4 is 25.7 Å². The van der Waals surface area contributed by atoms with Gasteiger partial charge in [-0.05, 0) is 19.1 Å². The first-order valence-corrected chi connectivity index (χ1v) is 8.86. The Morgan fingerprint density at radius 2 is 1.17 bits per heavy atom. The number of aryl methyl sites for hydroxylation is 1. The summed E-state index contributed by atoms with van der Waals surface area (Å²) in [6, 6.07) is 3.34. The van der Waals surface area contributed by atoms with Crippen molar-refractivity contribution in [2.24, 2.45) is 0 Å². The lowest BCUT2D eigenvalue weighted by Crippen LogP contribution is -2.53. The summed E-state index contributed by atoms with van der Waals surface area (Å²) in [5.74, 6) is 0. The van der Waals surface area contributed by atoms with Crippen LogP contribution in [-0.4, -0.2) is 40.7 Å². The van der Waals surface area contributed by atoms with Crippen LogP contribution in [0.5, 0.6) is 0 Å². The third-order valence-corrected chi connectivity index (χ3v) is 6.95. The molecular weight excluding hydrogens is 388 g/mol. The Kier molecular flexibility index (Phi) is 5.50. The van der Waals surface area contributed by atoms with E-state index >= 15 is 0 Å². The zero-order valence-corrected chi connectivity index (χ0v) is 13.5. The molecule has 24 heavy (non-hydrogen) atoms. The first kappa shape index (κ1) is 20.5. The first-order valence-electron chi connectivity index (χ1n) is 5.98. The molecule has 0 aliphatic carbocycles. The van der Waals surface area contributed by atoms with Gasteiger partial charge in [0.05, 0.1) is 5.69 Å². The molecule has 0 bridgehead atoms. The quantitative estimate of drug-likeness (QED) is 0.661. The summed E-state index contributed by atoms with van der Waals surface area (Å²) >= 11 is 0. The van der Waals surface area contributed by atoms with E-state index < -0.39 is 53.3 Å². The maximum absolute atomic E-state index is 13.4. The van der Waals surface area contributed by atoms with Gasteiger partial charge in [-0.3, -0.25) is 0 Å². The number of alkyl halides is 6. The molecule has 0 aliphatic heterocycles. The van der Waals surface area contributed by atoms with Gasteiger partial charge in [0.15, 0.2) is 13.3 Å². The van der Waals surface area contributed by atoms with Gasteiger partial charge in [-0.25, -0.2) is 8.78 Å².